The Kier molecular flexibility index (Phi) is 4.36. The van der Waals surface area contributed by atoms with Gasteiger partial charge in [0.15, 0.2) is 0 Å². The van der Waals surface area contributed by atoms with Crippen molar-refractivity contribution in [2.24, 2.45) is 0 Å². The highest BCUT2D eigenvalue weighted by molar-refractivity contribution is 5.84. The van der Waals surface area contributed by atoms with Gasteiger partial charge in [0.05, 0.1) is 18.5 Å². The van der Waals surface area contributed by atoms with Crippen LogP contribution in [-0.2, 0) is 4.79 Å². The lowest BCUT2D eigenvalue weighted by Crippen LogP contribution is -2.36. The van der Waals surface area contributed by atoms with E-state index in [0.717, 1.165) is 6.07 Å². The number of halogens is 1. The molecule has 0 aliphatic carbocycles. The van der Waals surface area contributed by atoms with Crippen molar-refractivity contribution in [2.75, 3.05) is 32.3 Å². The fraction of sp³-hybridized carbons (Fsp3) is 0.417. The van der Waals surface area contributed by atoms with Gasteiger partial charge in [-0.2, -0.15) is 0 Å². The van der Waals surface area contributed by atoms with E-state index < -0.39 is 11.9 Å². The predicted molar refractivity (Wildman–Crippen MR) is 69.1 cm³/mol. The lowest BCUT2D eigenvalue weighted by molar-refractivity contribution is -0.129. The second kappa shape index (κ2) is 5.57. The van der Waals surface area contributed by atoms with Crippen molar-refractivity contribution < 1.29 is 13.9 Å². The van der Waals surface area contributed by atoms with Crippen LogP contribution >= 0.6 is 0 Å². The van der Waals surface area contributed by atoms with Crippen LogP contribution in [0.5, 0.6) is 5.75 Å². The molecule has 1 amide bonds. The van der Waals surface area contributed by atoms with Crippen LogP contribution in [0.3, 0.4) is 0 Å². The van der Waals surface area contributed by atoms with E-state index in [4.69, 9.17) is 10.5 Å². The average Bonchev–Trinajstić information content (AvgIpc) is 2.31. The molecule has 0 saturated heterocycles. The van der Waals surface area contributed by atoms with Gasteiger partial charge in [-0.3, -0.25) is 4.79 Å². The molecule has 0 aromatic heterocycles. The Bertz CT molecular complexity index is 449. The number of nitrogen functional groups attached to an aromatic ring is 1. The fourth-order valence-corrected chi connectivity index (χ4v) is 1.54. The number of rotatable bonds is 4. The maximum atomic E-state index is 13.7. The lowest BCUT2D eigenvalue weighted by atomic mass is 10.2. The highest BCUT2D eigenvalue weighted by Crippen LogP contribution is 2.28. The molecule has 0 spiro atoms. The van der Waals surface area contributed by atoms with E-state index in [2.05, 4.69) is 5.32 Å². The van der Waals surface area contributed by atoms with E-state index in [0.29, 0.717) is 5.75 Å². The second-order valence-electron chi connectivity index (χ2n) is 4.17. The van der Waals surface area contributed by atoms with E-state index in [1.165, 1.54) is 18.1 Å². The molecule has 6 heteroatoms. The largest absolute Gasteiger partial charge is 0.495 e. The van der Waals surface area contributed by atoms with E-state index in [-0.39, 0.29) is 17.3 Å². The van der Waals surface area contributed by atoms with E-state index in [1.807, 2.05) is 0 Å². The van der Waals surface area contributed by atoms with Crippen LogP contribution < -0.4 is 15.8 Å². The number of hydrogen-bond acceptors (Lipinski definition) is 4. The van der Waals surface area contributed by atoms with Crippen LogP contribution in [0.2, 0.25) is 0 Å². The number of benzene rings is 1. The van der Waals surface area contributed by atoms with E-state index in [1.54, 1.807) is 21.0 Å². The minimum absolute atomic E-state index is 0.148. The summed E-state index contributed by atoms with van der Waals surface area (Å²) in [5, 5.41) is 2.79. The highest BCUT2D eigenvalue weighted by atomic mass is 19.1. The maximum Gasteiger partial charge on any atom is 0.244 e. The van der Waals surface area contributed by atoms with Gasteiger partial charge < -0.3 is 20.7 Å². The van der Waals surface area contributed by atoms with Crippen LogP contribution in [0.1, 0.15) is 6.92 Å². The van der Waals surface area contributed by atoms with E-state index in [9.17, 15) is 9.18 Å². The summed E-state index contributed by atoms with van der Waals surface area (Å²) in [6.07, 6.45) is 0. The van der Waals surface area contributed by atoms with Crippen LogP contribution in [0.25, 0.3) is 0 Å². The fourth-order valence-electron chi connectivity index (χ4n) is 1.54. The molecule has 0 aliphatic heterocycles. The quantitative estimate of drug-likeness (QED) is 0.796. The van der Waals surface area contributed by atoms with Gasteiger partial charge in [0.2, 0.25) is 5.91 Å². The number of hydrogen-bond donors (Lipinski definition) is 2. The van der Waals surface area contributed by atoms with Crippen molar-refractivity contribution >= 4 is 17.3 Å². The molecule has 1 unspecified atom stereocenters. The van der Waals surface area contributed by atoms with Crippen LogP contribution in [0.15, 0.2) is 12.1 Å². The van der Waals surface area contributed by atoms with Crippen molar-refractivity contribution in [1.82, 2.24) is 4.90 Å². The standard InChI is InChI=1S/C12H18FN3O2/c1-7(12(17)16(2)3)15-10-6-11(18-4)9(14)5-8(10)13/h5-7,15H,14H2,1-4H3. The van der Waals surface area contributed by atoms with Crippen molar-refractivity contribution in [3.8, 4) is 5.75 Å². The van der Waals surface area contributed by atoms with Gasteiger partial charge in [-0.05, 0) is 6.92 Å². The summed E-state index contributed by atoms with van der Waals surface area (Å²) in [6.45, 7) is 1.66. The van der Waals surface area contributed by atoms with Crippen molar-refractivity contribution in [1.29, 1.82) is 0 Å². The maximum absolute atomic E-state index is 13.7. The number of amides is 1. The third kappa shape index (κ3) is 3.03. The smallest absolute Gasteiger partial charge is 0.244 e. The molecule has 0 fully saturated rings. The molecular formula is C12H18FN3O2. The predicted octanol–water partition coefficient (Wildman–Crippen LogP) is 1.31. The summed E-state index contributed by atoms with van der Waals surface area (Å²) in [6, 6.07) is 2.06. The summed E-state index contributed by atoms with van der Waals surface area (Å²) in [7, 11) is 4.72. The first kappa shape index (κ1) is 14.1. The molecule has 100 valence electrons. The van der Waals surface area contributed by atoms with Crippen LogP contribution in [-0.4, -0.2) is 38.1 Å². The van der Waals surface area contributed by atoms with Crippen molar-refractivity contribution in [3.63, 3.8) is 0 Å². The zero-order valence-corrected chi connectivity index (χ0v) is 11.0. The molecule has 0 radical (unpaired) electrons. The normalized spacial score (nSPS) is 11.8. The molecule has 5 nitrogen and oxygen atoms in total. The Morgan fingerprint density at radius 2 is 2.11 bits per heavy atom. The summed E-state index contributed by atoms with van der Waals surface area (Å²) < 4.78 is 18.7. The first-order valence-corrected chi connectivity index (χ1v) is 5.47. The number of carbonyl (C=O) groups excluding carboxylic acids is 1. The first-order valence-electron chi connectivity index (χ1n) is 5.47. The Hall–Kier alpha value is -1.98. The van der Waals surface area contributed by atoms with Gasteiger partial charge in [-0.15, -0.1) is 0 Å². The molecule has 1 aromatic rings. The number of carbonyl (C=O) groups is 1. The summed E-state index contributed by atoms with van der Waals surface area (Å²) in [5.74, 6) is -0.305. The monoisotopic (exact) mass is 255 g/mol. The topological polar surface area (TPSA) is 67.6 Å². The number of nitrogens with two attached hydrogens (primary N) is 1. The average molecular weight is 255 g/mol. The number of methoxy groups -OCH3 is 1. The lowest BCUT2D eigenvalue weighted by Gasteiger charge is -2.20. The molecule has 0 saturated carbocycles. The van der Waals surface area contributed by atoms with Gasteiger partial charge in [0.25, 0.3) is 0 Å². The SMILES string of the molecule is COc1cc(NC(C)C(=O)N(C)C)c(F)cc1N. The first-order chi connectivity index (χ1) is 8.36. The third-order valence-corrected chi connectivity index (χ3v) is 2.50. The van der Waals surface area contributed by atoms with Gasteiger partial charge in [-0.25, -0.2) is 4.39 Å². The number of likely N-dealkylation sites (N-methyl/N-ethyl adjacent to an activating group) is 1. The number of nitrogens with one attached hydrogen (secondary N) is 1. The minimum atomic E-state index is -0.539. The summed E-state index contributed by atoms with van der Waals surface area (Å²) in [5.41, 5.74) is 5.97. The molecule has 18 heavy (non-hydrogen) atoms. The summed E-state index contributed by atoms with van der Waals surface area (Å²) in [4.78, 5) is 13.1. The number of anilines is 2. The van der Waals surface area contributed by atoms with Gasteiger partial charge >= 0.3 is 0 Å². The van der Waals surface area contributed by atoms with Crippen molar-refractivity contribution in [3.05, 3.63) is 17.9 Å². The Morgan fingerprint density at radius 1 is 1.50 bits per heavy atom. The Morgan fingerprint density at radius 3 is 2.61 bits per heavy atom. The number of nitrogens with zero attached hydrogens (tertiary/aromatic N) is 1. The van der Waals surface area contributed by atoms with Crippen LogP contribution in [0.4, 0.5) is 15.8 Å². The zero-order valence-electron chi connectivity index (χ0n) is 11.0. The molecule has 0 aliphatic rings. The van der Waals surface area contributed by atoms with Gasteiger partial charge in [-0.1, -0.05) is 0 Å². The Labute approximate surface area is 106 Å². The Balaban J connectivity index is 2.94. The molecule has 3 N–H and O–H groups in total. The summed E-state index contributed by atoms with van der Waals surface area (Å²) >= 11 is 0. The number of ether oxygens (including phenoxy) is 1. The molecule has 0 heterocycles. The molecule has 1 aromatic carbocycles. The molecule has 1 rings (SSSR count). The van der Waals surface area contributed by atoms with E-state index >= 15 is 0 Å². The van der Waals surface area contributed by atoms with Gasteiger partial charge in [0, 0.05) is 26.2 Å². The minimum Gasteiger partial charge on any atom is -0.495 e. The second-order valence-corrected chi connectivity index (χ2v) is 4.17. The van der Waals surface area contributed by atoms with Crippen molar-refractivity contribution in [2.45, 2.75) is 13.0 Å². The molecule has 1 atom stereocenters. The van der Waals surface area contributed by atoms with Crippen LogP contribution in [0, 0.1) is 5.82 Å². The third-order valence-electron chi connectivity index (χ3n) is 2.50. The molecule has 0 bridgehead atoms. The van der Waals surface area contributed by atoms with Gasteiger partial charge in [0.1, 0.15) is 17.6 Å². The zero-order chi connectivity index (χ0) is 13.9. The highest BCUT2D eigenvalue weighted by Gasteiger charge is 2.17. The molecular weight excluding hydrogens is 237 g/mol.